The predicted octanol–water partition coefficient (Wildman–Crippen LogP) is 2.83. The largest absolute Gasteiger partial charge is 0.379 e. The molecule has 12 nitrogen and oxygen atoms in total. The van der Waals surface area contributed by atoms with Gasteiger partial charge in [-0.25, -0.2) is 9.79 Å². The molecule has 3 heterocycles. The molecule has 220 valence electrons. The van der Waals surface area contributed by atoms with Crippen molar-refractivity contribution in [2.24, 2.45) is 4.99 Å². The van der Waals surface area contributed by atoms with Crippen LogP contribution in [0.3, 0.4) is 0 Å². The Labute approximate surface area is 244 Å². The lowest BCUT2D eigenvalue weighted by atomic mass is 10.2. The molecule has 0 aliphatic carbocycles. The molecule has 0 unspecified atom stereocenters. The lowest BCUT2D eigenvalue weighted by molar-refractivity contribution is 0.0383. The van der Waals surface area contributed by atoms with Gasteiger partial charge in [-0.15, -0.1) is 0 Å². The van der Waals surface area contributed by atoms with Gasteiger partial charge in [-0.1, -0.05) is 0 Å². The second-order valence-electron chi connectivity index (χ2n) is 9.91. The summed E-state index contributed by atoms with van der Waals surface area (Å²) in [5, 5.41) is 17.1. The minimum Gasteiger partial charge on any atom is -0.379 e. The van der Waals surface area contributed by atoms with Crippen molar-refractivity contribution in [2.45, 2.75) is 0 Å². The first-order valence-electron chi connectivity index (χ1n) is 14.1. The third-order valence-corrected chi connectivity index (χ3v) is 7.01. The first-order valence-corrected chi connectivity index (χ1v) is 14.1. The summed E-state index contributed by atoms with van der Waals surface area (Å²) in [5.41, 5.74) is 3.12. The minimum absolute atomic E-state index is 0.118. The van der Waals surface area contributed by atoms with Crippen molar-refractivity contribution in [3.05, 3.63) is 83.7 Å². The van der Waals surface area contributed by atoms with Crippen LogP contribution in [0, 0.1) is 5.41 Å². The molecule has 1 aromatic heterocycles. The van der Waals surface area contributed by atoms with E-state index >= 15 is 0 Å². The summed E-state index contributed by atoms with van der Waals surface area (Å²) in [5.74, 6) is 0.665. The Hall–Kier alpha value is -4.52. The number of H-pyrrole nitrogens is 1. The number of aromatic amines is 1. The summed E-state index contributed by atoms with van der Waals surface area (Å²) in [7, 11) is 0. The van der Waals surface area contributed by atoms with Crippen LogP contribution in [0.4, 0.5) is 16.2 Å². The fraction of sp³-hybridized carbons (Fsp3) is 0.333. The molecule has 5 N–H and O–H groups in total. The zero-order valence-corrected chi connectivity index (χ0v) is 23.4. The van der Waals surface area contributed by atoms with E-state index in [0.29, 0.717) is 61.2 Å². The van der Waals surface area contributed by atoms with Crippen LogP contribution >= 0.6 is 0 Å². The average molecular weight is 573 g/mol. The Morgan fingerprint density at radius 1 is 0.833 bits per heavy atom. The lowest BCUT2D eigenvalue weighted by Crippen LogP contribution is -2.41. The van der Waals surface area contributed by atoms with E-state index in [1.807, 2.05) is 18.3 Å². The fourth-order valence-corrected chi connectivity index (χ4v) is 4.68. The van der Waals surface area contributed by atoms with E-state index in [1.165, 1.54) is 0 Å². The molecule has 2 aliphatic rings. The van der Waals surface area contributed by atoms with E-state index in [-0.39, 0.29) is 11.7 Å². The number of hydrogen-bond donors (Lipinski definition) is 5. The first kappa shape index (κ1) is 29.0. The summed E-state index contributed by atoms with van der Waals surface area (Å²) in [6.45, 7) is 7.20. The zero-order chi connectivity index (χ0) is 29.1. The number of aromatic nitrogens is 1. The Morgan fingerprint density at radius 2 is 1.43 bits per heavy atom. The number of aliphatic imine (C=N–C) groups is 1. The highest BCUT2D eigenvalue weighted by Crippen LogP contribution is 2.15. The van der Waals surface area contributed by atoms with E-state index in [2.05, 4.69) is 35.7 Å². The third kappa shape index (κ3) is 8.03. The molecule has 0 bridgehead atoms. The second-order valence-corrected chi connectivity index (χ2v) is 9.91. The van der Waals surface area contributed by atoms with Crippen LogP contribution in [0.2, 0.25) is 0 Å². The molecule has 12 heteroatoms. The van der Waals surface area contributed by atoms with E-state index in [0.717, 1.165) is 38.5 Å². The Kier molecular flexibility index (Phi) is 9.94. The van der Waals surface area contributed by atoms with Crippen LogP contribution in [-0.2, 0) is 9.47 Å². The predicted molar refractivity (Wildman–Crippen MR) is 162 cm³/mol. The number of carbonyl (C=O) groups excluding carboxylic acids is 2. The van der Waals surface area contributed by atoms with E-state index in [4.69, 9.17) is 14.9 Å². The smallest absolute Gasteiger partial charge is 0.323 e. The molecule has 3 amide bonds. The molecule has 0 spiro atoms. The highest BCUT2D eigenvalue weighted by Gasteiger charge is 2.19. The fourth-order valence-electron chi connectivity index (χ4n) is 4.68. The number of nitrogens with zero attached hydrogens (tertiary/aromatic N) is 3. The van der Waals surface area contributed by atoms with Crippen molar-refractivity contribution in [1.29, 1.82) is 5.41 Å². The maximum absolute atomic E-state index is 12.6. The van der Waals surface area contributed by atoms with Gasteiger partial charge in [0.1, 0.15) is 0 Å². The van der Waals surface area contributed by atoms with Crippen LogP contribution in [0.5, 0.6) is 0 Å². The Morgan fingerprint density at radius 3 is 2.02 bits per heavy atom. The van der Waals surface area contributed by atoms with E-state index < -0.39 is 6.03 Å². The molecule has 2 aliphatic heterocycles. The molecule has 5 rings (SSSR count). The number of hydrogen-bond acceptors (Lipinski definition) is 6. The number of benzene rings is 2. The summed E-state index contributed by atoms with van der Waals surface area (Å²) in [6.07, 6.45) is 1.83. The number of anilines is 2. The van der Waals surface area contributed by atoms with Gasteiger partial charge in [0.25, 0.3) is 5.91 Å². The lowest BCUT2D eigenvalue weighted by Gasteiger charge is -2.29. The van der Waals surface area contributed by atoms with Gasteiger partial charge in [-0.3, -0.25) is 15.1 Å². The standard InChI is InChI=1S/C30H36N8O4/c31-27(36-28(26-2-1-11-32-26)38-16-20-42-21-17-38)22-3-7-24(8-4-22)34-30(40)35-25-9-5-23(6-10-25)29(39)33-12-13-37-14-18-41-19-15-37/h1-11,31-32H,12-21H2,(H,33,39)(H2,34,35,40). The van der Waals surface area contributed by atoms with Crippen LogP contribution < -0.4 is 16.0 Å². The molecule has 42 heavy (non-hydrogen) atoms. The number of ether oxygens (including phenoxy) is 2. The molecule has 3 aromatic rings. The highest BCUT2D eigenvalue weighted by molar-refractivity contribution is 6.10. The summed E-state index contributed by atoms with van der Waals surface area (Å²) < 4.78 is 10.8. The van der Waals surface area contributed by atoms with Gasteiger partial charge in [0.15, 0.2) is 11.7 Å². The monoisotopic (exact) mass is 572 g/mol. The molecular weight excluding hydrogens is 536 g/mol. The Balaban J connectivity index is 1.11. The molecule has 2 aromatic carbocycles. The van der Waals surface area contributed by atoms with Gasteiger partial charge in [-0.05, 0) is 60.7 Å². The number of morpholine rings is 2. The van der Waals surface area contributed by atoms with Gasteiger partial charge in [0.2, 0.25) is 0 Å². The van der Waals surface area contributed by atoms with Crippen molar-refractivity contribution < 1.29 is 19.1 Å². The van der Waals surface area contributed by atoms with Crippen molar-refractivity contribution in [2.75, 3.05) is 76.3 Å². The third-order valence-electron chi connectivity index (χ3n) is 7.01. The quantitative estimate of drug-likeness (QED) is 0.207. The molecule has 2 fully saturated rings. The van der Waals surface area contributed by atoms with Crippen LogP contribution in [0.1, 0.15) is 21.6 Å². The molecule has 0 saturated carbocycles. The number of carbonyl (C=O) groups is 2. The van der Waals surface area contributed by atoms with E-state index in [9.17, 15) is 9.59 Å². The maximum atomic E-state index is 12.6. The van der Waals surface area contributed by atoms with E-state index in [1.54, 1.807) is 48.5 Å². The van der Waals surface area contributed by atoms with Gasteiger partial charge in [-0.2, -0.15) is 0 Å². The number of amides is 3. The summed E-state index contributed by atoms with van der Waals surface area (Å²) in [6, 6.07) is 17.1. The summed E-state index contributed by atoms with van der Waals surface area (Å²) in [4.78, 5) is 37.2. The van der Waals surface area contributed by atoms with Gasteiger partial charge in [0, 0.05) is 68.0 Å². The topological polar surface area (TPSA) is 147 Å². The van der Waals surface area contributed by atoms with Crippen molar-refractivity contribution in [3.8, 4) is 0 Å². The van der Waals surface area contributed by atoms with Crippen LogP contribution in [0.15, 0.2) is 71.9 Å². The second kappa shape index (κ2) is 14.4. The minimum atomic E-state index is -0.417. The van der Waals surface area contributed by atoms with Crippen molar-refractivity contribution in [1.82, 2.24) is 20.1 Å². The normalized spacial score (nSPS) is 16.1. The van der Waals surface area contributed by atoms with Gasteiger partial charge in [0.05, 0.1) is 32.1 Å². The SMILES string of the molecule is N=C(N=C(c1ccc[nH]1)N1CCOCC1)c1ccc(NC(=O)Nc2ccc(C(=O)NCCN3CCOCC3)cc2)cc1. The molecular formula is C30H36N8O4. The molecule has 0 atom stereocenters. The van der Waals surface area contributed by atoms with Crippen molar-refractivity contribution >= 4 is 35.0 Å². The van der Waals surface area contributed by atoms with Gasteiger partial charge < -0.3 is 35.3 Å². The maximum Gasteiger partial charge on any atom is 0.323 e. The first-order chi connectivity index (χ1) is 20.5. The highest BCUT2D eigenvalue weighted by atomic mass is 16.5. The molecule has 0 radical (unpaired) electrons. The van der Waals surface area contributed by atoms with Crippen molar-refractivity contribution in [3.63, 3.8) is 0 Å². The number of amidine groups is 2. The zero-order valence-electron chi connectivity index (χ0n) is 23.4. The van der Waals surface area contributed by atoms with Crippen LogP contribution in [0.25, 0.3) is 0 Å². The number of nitrogens with one attached hydrogen (secondary N) is 5. The number of urea groups is 1. The van der Waals surface area contributed by atoms with Gasteiger partial charge >= 0.3 is 6.03 Å². The number of rotatable bonds is 8. The summed E-state index contributed by atoms with van der Waals surface area (Å²) >= 11 is 0. The van der Waals surface area contributed by atoms with Crippen LogP contribution in [-0.4, -0.2) is 104 Å². The Bertz CT molecular complexity index is 1360. The molecule has 2 saturated heterocycles. The average Bonchev–Trinajstić information content (AvgIpc) is 3.56.